The van der Waals surface area contributed by atoms with Gasteiger partial charge in [0, 0.05) is 16.8 Å². The molecule has 2 heterocycles. The minimum atomic E-state index is -0.600. The maximum atomic E-state index is 13.9. The lowest BCUT2D eigenvalue weighted by molar-refractivity contribution is 0.0526. The summed E-state index contributed by atoms with van der Waals surface area (Å²) in [4.78, 5) is 27.8. The van der Waals surface area contributed by atoms with Crippen molar-refractivity contribution in [3.63, 3.8) is 0 Å². The Morgan fingerprint density at radius 1 is 0.946 bits per heavy atom. The molecule has 0 radical (unpaired) electrons. The molecule has 0 bridgehead atoms. The number of carbonyl (C=O) groups excluding carboxylic acids is 2. The molecular weight excluding hydrogens is 470 g/mol. The van der Waals surface area contributed by atoms with Gasteiger partial charge in [0.05, 0.1) is 43.7 Å². The first-order valence-electron chi connectivity index (χ1n) is 11.9. The first-order chi connectivity index (χ1) is 18.0. The van der Waals surface area contributed by atoms with Crippen molar-refractivity contribution in [1.82, 2.24) is 10.2 Å². The number of aryl methyl sites for hydroxylation is 1. The summed E-state index contributed by atoms with van der Waals surface area (Å²) in [6.07, 6.45) is 0. The molecule has 1 atom stereocenters. The lowest BCUT2D eigenvalue weighted by Crippen LogP contribution is -2.30. The van der Waals surface area contributed by atoms with Crippen LogP contribution < -0.4 is 14.4 Å². The van der Waals surface area contributed by atoms with Gasteiger partial charge in [0.1, 0.15) is 17.2 Å². The van der Waals surface area contributed by atoms with E-state index in [0.717, 1.165) is 16.7 Å². The molecular formula is C29H27N3O5. The zero-order valence-electron chi connectivity index (χ0n) is 21.1. The molecule has 0 saturated heterocycles. The van der Waals surface area contributed by atoms with Crippen LogP contribution in [0.2, 0.25) is 0 Å². The maximum absolute atomic E-state index is 13.9. The number of aromatic amines is 1. The van der Waals surface area contributed by atoms with E-state index in [2.05, 4.69) is 10.2 Å². The van der Waals surface area contributed by atoms with E-state index in [4.69, 9.17) is 14.2 Å². The lowest BCUT2D eigenvalue weighted by atomic mass is 9.94. The second kappa shape index (κ2) is 9.81. The zero-order valence-corrected chi connectivity index (χ0v) is 21.1. The number of hydrogen-bond donors (Lipinski definition) is 1. The lowest BCUT2D eigenvalue weighted by Gasteiger charge is -2.29. The largest absolute Gasteiger partial charge is 0.496 e. The molecule has 1 aliphatic heterocycles. The molecule has 8 nitrogen and oxygen atoms in total. The van der Waals surface area contributed by atoms with Crippen LogP contribution in [0.15, 0.2) is 66.7 Å². The maximum Gasteiger partial charge on any atom is 0.338 e. The van der Waals surface area contributed by atoms with E-state index in [1.807, 2.05) is 49.4 Å². The normalized spacial score (nSPS) is 14.4. The highest BCUT2D eigenvalue weighted by molar-refractivity contribution is 6.12. The van der Waals surface area contributed by atoms with Gasteiger partial charge in [0.15, 0.2) is 0 Å². The number of esters is 1. The molecule has 37 heavy (non-hydrogen) atoms. The molecule has 1 unspecified atom stereocenters. The van der Waals surface area contributed by atoms with E-state index in [1.54, 1.807) is 50.3 Å². The van der Waals surface area contributed by atoms with Crippen LogP contribution in [0.1, 0.15) is 50.5 Å². The molecule has 3 aromatic carbocycles. The zero-order chi connectivity index (χ0) is 26.1. The van der Waals surface area contributed by atoms with Crippen LogP contribution in [0.25, 0.3) is 11.3 Å². The second-order valence-corrected chi connectivity index (χ2v) is 8.65. The SMILES string of the molecule is CCOC(=O)c1ccc(N2C(=O)c3[nH]nc(-c4ccc(C)cc4)c3C2c2c(OC)cccc2OC)cc1. The smallest absolute Gasteiger partial charge is 0.338 e. The third kappa shape index (κ3) is 4.10. The molecule has 1 amide bonds. The summed E-state index contributed by atoms with van der Waals surface area (Å²) in [6, 6.07) is 19.7. The van der Waals surface area contributed by atoms with Gasteiger partial charge in [-0.05, 0) is 50.2 Å². The summed E-state index contributed by atoms with van der Waals surface area (Å²) >= 11 is 0. The quantitative estimate of drug-likeness (QED) is 0.347. The number of ether oxygens (including phenoxy) is 3. The fraction of sp³-hybridized carbons (Fsp3) is 0.207. The number of benzene rings is 3. The van der Waals surface area contributed by atoms with Crippen LogP contribution in [0.5, 0.6) is 11.5 Å². The summed E-state index contributed by atoms with van der Waals surface area (Å²) in [5.41, 5.74) is 5.51. The Kier molecular flexibility index (Phi) is 6.40. The number of rotatable bonds is 7. The van der Waals surface area contributed by atoms with E-state index < -0.39 is 12.0 Å². The topological polar surface area (TPSA) is 93.8 Å². The number of anilines is 1. The van der Waals surface area contributed by atoms with Gasteiger partial charge in [-0.2, -0.15) is 5.10 Å². The van der Waals surface area contributed by atoms with E-state index in [9.17, 15) is 9.59 Å². The number of nitrogens with zero attached hydrogens (tertiary/aromatic N) is 2. The number of amides is 1. The van der Waals surface area contributed by atoms with Gasteiger partial charge in [0.2, 0.25) is 0 Å². The van der Waals surface area contributed by atoms with Gasteiger partial charge in [-0.1, -0.05) is 35.9 Å². The highest BCUT2D eigenvalue weighted by Gasteiger charge is 2.45. The van der Waals surface area contributed by atoms with Crippen LogP contribution in [0.3, 0.4) is 0 Å². The van der Waals surface area contributed by atoms with Crippen molar-refractivity contribution in [1.29, 1.82) is 0 Å². The molecule has 4 aromatic rings. The number of carbonyl (C=O) groups is 2. The molecule has 1 aromatic heterocycles. The predicted molar refractivity (Wildman–Crippen MR) is 139 cm³/mol. The standard InChI is InChI=1S/C29H27N3O5/c1-5-37-29(34)19-13-15-20(16-14-19)32-27(23-21(35-3)7-6-8-22(23)36-4)24-25(30-31-26(24)28(32)33)18-11-9-17(2)10-12-18/h6-16,27H,5H2,1-4H3,(H,30,31). The van der Waals surface area contributed by atoms with Crippen LogP contribution in [0.4, 0.5) is 5.69 Å². The predicted octanol–water partition coefficient (Wildman–Crippen LogP) is 5.33. The molecule has 0 fully saturated rings. The number of methoxy groups -OCH3 is 2. The molecule has 8 heteroatoms. The highest BCUT2D eigenvalue weighted by Crippen LogP contribution is 2.50. The summed E-state index contributed by atoms with van der Waals surface area (Å²) < 4.78 is 16.6. The minimum absolute atomic E-state index is 0.247. The first kappa shape index (κ1) is 24.1. The molecule has 0 saturated carbocycles. The monoisotopic (exact) mass is 497 g/mol. The first-order valence-corrected chi connectivity index (χ1v) is 11.9. The van der Waals surface area contributed by atoms with Crippen LogP contribution in [0, 0.1) is 6.92 Å². The molecule has 1 N–H and O–H groups in total. The van der Waals surface area contributed by atoms with Crippen LogP contribution in [-0.4, -0.2) is 42.9 Å². The fourth-order valence-electron chi connectivity index (χ4n) is 4.74. The van der Waals surface area contributed by atoms with Crippen molar-refractivity contribution in [3.8, 4) is 22.8 Å². The average molecular weight is 498 g/mol. The van der Waals surface area contributed by atoms with Crippen molar-refractivity contribution < 1.29 is 23.8 Å². The highest BCUT2D eigenvalue weighted by atomic mass is 16.5. The van der Waals surface area contributed by atoms with Crippen molar-refractivity contribution in [2.24, 2.45) is 0 Å². The third-order valence-corrected chi connectivity index (χ3v) is 6.49. The average Bonchev–Trinajstić information content (AvgIpc) is 3.47. The number of hydrogen-bond acceptors (Lipinski definition) is 6. The number of fused-ring (bicyclic) bond motifs is 1. The molecule has 0 spiro atoms. The Balaban J connectivity index is 1.71. The Morgan fingerprint density at radius 2 is 1.59 bits per heavy atom. The van der Waals surface area contributed by atoms with Crippen molar-refractivity contribution in [2.75, 3.05) is 25.7 Å². The van der Waals surface area contributed by atoms with E-state index in [1.165, 1.54) is 0 Å². The number of nitrogens with one attached hydrogen (secondary N) is 1. The molecule has 188 valence electrons. The van der Waals surface area contributed by atoms with Crippen molar-refractivity contribution in [3.05, 3.63) is 94.7 Å². The number of aromatic nitrogens is 2. The van der Waals surface area contributed by atoms with Gasteiger partial charge < -0.3 is 14.2 Å². The van der Waals surface area contributed by atoms with E-state index in [0.29, 0.717) is 39.7 Å². The summed E-state index contributed by atoms with van der Waals surface area (Å²) in [6.45, 7) is 4.06. The van der Waals surface area contributed by atoms with Crippen molar-refractivity contribution in [2.45, 2.75) is 19.9 Å². The van der Waals surface area contributed by atoms with Crippen LogP contribution >= 0.6 is 0 Å². The summed E-state index contributed by atoms with van der Waals surface area (Å²) in [5.74, 6) is 0.493. The van der Waals surface area contributed by atoms with Gasteiger partial charge >= 0.3 is 5.97 Å². The summed E-state index contributed by atoms with van der Waals surface area (Å²) in [7, 11) is 3.18. The minimum Gasteiger partial charge on any atom is -0.496 e. The van der Waals surface area contributed by atoms with Gasteiger partial charge in [0.25, 0.3) is 5.91 Å². The Labute approximate surface area is 214 Å². The fourth-order valence-corrected chi connectivity index (χ4v) is 4.74. The van der Waals surface area contributed by atoms with Gasteiger partial charge in [-0.15, -0.1) is 0 Å². The van der Waals surface area contributed by atoms with Crippen LogP contribution in [-0.2, 0) is 4.74 Å². The van der Waals surface area contributed by atoms with E-state index >= 15 is 0 Å². The third-order valence-electron chi connectivity index (χ3n) is 6.49. The molecule has 0 aliphatic carbocycles. The van der Waals surface area contributed by atoms with E-state index in [-0.39, 0.29) is 12.5 Å². The number of H-pyrrole nitrogens is 1. The van der Waals surface area contributed by atoms with Gasteiger partial charge in [-0.3, -0.25) is 14.8 Å². The molecule has 5 rings (SSSR count). The Hall–Kier alpha value is -4.59. The second-order valence-electron chi connectivity index (χ2n) is 8.65. The van der Waals surface area contributed by atoms with Crippen molar-refractivity contribution >= 4 is 17.6 Å². The van der Waals surface area contributed by atoms with Gasteiger partial charge in [-0.25, -0.2) is 4.79 Å². The molecule has 1 aliphatic rings. The Bertz CT molecular complexity index is 1440. The summed E-state index contributed by atoms with van der Waals surface area (Å²) in [5, 5.41) is 7.52. The Morgan fingerprint density at radius 3 is 2.19 bits per heavy atom.